The summed E-state index contributed by atoms with van der Waals surface area (Å²) in [5, 5.41) is 3.95. The van der Waals surface area contributed by atoms with Crippen molar-refractivity contribution in [3.8, 4) is 0 Å². The Morgan fingerprint density at radius 3 is 2.85 bits per heavy atom. The van der Waals surface area contributed by atoms with Crippen molar-refractivity contribution in [2.75, 3.05) is 18.1 Å². The maximum atomic E-state index is 11.7. The molecular formula is C9H12N2OS. The minimum atomic E-state index is 0.226. The van der Waals surface area contributed by atoms with Crippen molar-refractivity contribution < 1.29 is 4.79 Å². The monoisotopic (exact) mass is 196 g/mol. The fourth-order valence-electron chi connectivity index (χ4n) is 1.25. The zero-order valence-electron chi connectivity index (χ0n) is 7.46. The van der Waals surface area contributed by atoms with Crippen LogP contribution in [0.1, 0.15) is 22.5 Å². The molecule has 1 aromatic heterocycles. The molecule has 0 amide bonds. The van der Waals surface area contributed by atoms with Gasteiger partial charge in [-0.2, -0.15) is 0 Å². The molecule has 0 radical (unpaired) electrons. The summed E-state index contributed by atoms with van der Waals surface area (Å²) in [6.45, 7) is 0. The lowest BCUT2D eigenvalue weighted by atomic mass is 10.2. The Labute approximate surface area is 80.9 Å². The number of carbonyl (C=O) groups excluding carboxylic acids is 1. The molecule has 1 saturated carbocycles. The molecular weight excluding hydrogens is 184 g/mol. The number of rotatable bonds is 3. The number of Topliss-reactive ketones (excluding diaryl/α,β-unsaturated/α-hetero) is 1. The van der Waals surface area contributed by atoms with Gasteiger partial charge in [-0.3, -0.25) is 4.79 Å². The first-order valence-corrected chi connectivity index (χ1v) is 5.15. The molecule has 0 aromatic carbocycles. The Kier molecular flexibility index (Phi) is 2.00. The molecule has 0 unspecified atom stereocenters. The molecule has 0 saturated heterocycles. The molecule has 3 N–H and O–H groups in total. The lowest BCUT2D eigenvalue weighted by Crippen LogP contribution is -2.01. The maximum Gasteiger partial charge on any atom is 0.178 e. The first-order valence-electron chi connectivity index (χ1n) is 4.33. The minimum Gasteiger partial charge on any atom is -0.397 e. The number of anilines is 2. The molecule has 1 fully saturated rings. The van der Waals surface area contributed by atoms with Crippen LogP contribution in [0.15, 0.2) is 6.07 Å². The number of hydrogen-bond acceptors (Lipinski definition) is 4. The van der Waals surface area contributed by atoms with Gasteiger partial charge in [0.2, 0.25) is 0 Å². The van der Waals surface area contributed by atoms with E-state index in [-0.39, 0.29) is 11.7 Å². The molecule has 0 aliphatic heterocycles. The largest absolute Gasteiger partial charge is 0.397 e. The first-order chi connectivity index (χ1) is 6.22. The van der Waals surface area contributed by atoms with Crippen LogP contribution in [0.2, 0.25) is 0 Å². The van der Waals surface area contributed by atoms with E-state index in [1.165, 1.54) is 11.3 Å². The average Bonchev–Trinajstić information content (AvgIpc) is 2.89. The molecule has 0 atom stereocenters. The second-order valence-corrected chi connectivity index (χ2v) is 4.34. The van der Waals surface area contributed by atoms with Crippen molar-refractivity contribution in [1.29, 1.82) is 0 Å². The normalized spacial score (nSPS) is 15.8. The van der Waals surface area contributed by atoms with E-state index in [0.717, 1.165) is 22.7 Å². The molecule has 1 aliphatic carbocycles. The van der Waals surface area contributed by atoms with Gasteiger partial charge >= 0.3 is 0 Å². The van der Waals surface area contributed by atoms with E-state index in [1.54, 1.807) is 0 Å². The topological polar surface area (TPSA) is 55.1 Å². The van der Waals surface area contributed by atoms with Crippen LogP contribution in [0, 0.1) is 5.92 Å². The summed E-state index contributed by atoms with van der Waals surface area (Å²) < 4.78 is 0. The van der Waals surface area contributed by atoms with E-state index in [2.05, 4.69) is 5.32 Å². The summed E-state index contributed by atoms with van der Waals surface area (Å²) in [5.74, 6) is 0.481. The zero-order valence-corrected chi connectivity index (χ0v) is 8.28. The molecule has 3 nitrogen and oxygen atoms in total. The van der Waals surface area contributed by atoms with Crippen LogP contribution in [0.25, 0.3) is 0 Å². The average molecular weight is 196 g/mol. The van der Waals surface area contributed by atoms with E-state index in [4.69, 9.17) is 5.73 Å². The minimum absolute atomic E-state index is 0.226. The van der Waals surface area contributed by atoms with Crippen LogP contribution in [0.3, 0.4) is 0 Å². The van der Waals surface area contributed by atoms with Crippen molar-refractivity contribution >= 4 is 27.8 Å². The number of ketones is 1. The van der Waals surface area contributed by atoms with E-state index in [9.17, 15) is 4.79 Å². The number of nitrogens with one attached hydrogen (secondary N) is 1. The van der Waals surface area contributed by atoms with Gasteiger partial charge in [-0.05, 0) is 18.9 Å². The van der Waals surface area contributed by atoms with Crippen molar-refractivity contribution in [2.45, 2.75) is 12.8 Å². The summed E-state index contributed by atoms with van der Waals surface area (Å²) >= 11 is 1.45. The fourth-order valence-corrected chi connectivity index (χ4v) is 2.20. The van der Waals surface area contributed by atoms with Gasteiger partial charge in [0.1, 0.15) is 0 Å². The Morgan fingerprint density at radius 2 is 2.38 bits per heavy atom. The Bertz CT molecular complexity index is 341. The highest BCUT2D eigenvalue weighted by molar-refractivity contribution is 7.18. The SMILES string of the molecule is CNc1cc(N)c(C(=O)C2CC2)s1. The second-order valence-electron chi connectivity index (χ2n) is 3.28. The first kappa shape index (κ1) is 8.56. The van der Waals surface area contributed by atoms with Gasteiger partial charge in [0.25, 0.3) is 0 Å². The maximum absolute atomic E-state index is 11.7. The zero-order chi connectivity index (χ0) is 9.42. The number of carbonyl (C=O) groups is 1. The Hall–Kier alpha value is -1.03. The fraction of sp³-hybridized carbons (Fsp3) is 0.444. The van der Waals surface area contributed by atoms with E-state index >= 15 is 0 Å². The van der Waals surface area contributed by atoms with E-state index in [1.807, 2.05) is 13.1 Å². The lowest BCUT2D eigenvalue weighted by Gasteiger charge is -1.94. The van der Waals surface area contributed by atoms with E-state index in [0.29, 0.717) is 5.69 Å². The summed E-state index contributed by atoms with van der Waals surface area (Å²) in [6, 6.07) is 1.82. The van der Waals surface area contributed by atoms with E-state index < -0.39 is 0 Å². The van der Waals surface area contributed by atoms with Crippen molar-refractivity contribution in [1.82, 2.24) is 0 Å². The molecule has 0 bridgehead atoms. The van der Waals surface area contributed by atoms with Crippen LogP contribution in [-0.2, 0) is 0 Å². The number of nitrogen functional groups attached to an aromatic ring is 1. The highest BCUT2D eigenvalue weighted by atomic mass is 32.1. The second kappa shape index (κ2) is 3.03. The predicted octanol–water partition coefficient (Wildman–Crippen LogP) is 1.96. The Balaban J connectivity index is 2.27. The van der Waals surface area contributed by atoms with Crippen LogP contribution >= 0.6 is 11.3 Å². The third kappa shape index (κ3) is 1.54. The number of hydrogen-bond donors (Lipinski definition) is 2. The van der Waals surface area contributed by atoms with Crippen LogP contribution in [0.4, 0.5) is 10.7 Å². The summed E-state index contributed by atoms with van der Waals surface area (Å²) in [5.41, 5.74) is 6.35. The van der Waals surface area contributed by atoms with Crippen LogP contribution in [-0.4, -0.2) is 12.8 Å². The summed E-state index contributed by atoms with van der Waals surface area (Å²) in [4.78, 5) is 12.4. The van der Waals surface area contributed by atoms with Crippen LogP contribution in [0.5, 0.6) is 0 Å². The number of thiophene rings is 1. The third-order valence-electron chi connectivity index (χ3n) is 2.18. The Morgan fingerprint density at radius 1 is 1.69 bits per heavy atom. The third-order valence-corrected chi connectivity index (χ3v) is 3.36. The van der Waals surface area contributed by atoms with Gasteiger partial charge in [-0.25, -0.2) is 0 Å². The van der Waals surface area contributed by atoms with Gasteiger partial charge < -0.3 is 11.1 Å². The van der Waals surface area contributed by atoms with Gasteiger partial charge in [-0.15, -0.1) is 11.3 Å². The molecule has 1 aliphatic rings. The van der Waals surface area contributed by atoms with Crippen molar-refractivity contribution in [2.24, 2.45) is 5.92 Å². The van der Waals surface area contributed by atoms with Gasteiger partial charge in [0.05, 0.1) is 15.6 Å². The van der Waals surface area contributed by atoms with Gasteiger partial charge in [0.15, 0.2) is 5.78 Å². The highest BCUT2D eigenvalue weighted by Crippen LogP contribution is 2.38. The number of nitrogens with two attached hydrogens (primary N) is 1. The quantitative estimate of drug-likeness (QED) is 0.727. The van der Waals surface area contributed by atoms with Crippen molar-refractivity contribution in [3.63, 3.8) is 0 Å². The van der Waals surface area contributed by atoms with Crippen molar-refractivity contribution in [3.05, 3.63) is 10.9 Å². The molecule has 13 heavy (non-hydrogen) atoms. The van der Waals surface area contributed by atoms with Gasteiger partial charge in [0, 0.05) is 13.0 Å². The van der Waals surface area contributed by atoms with Crippen LogP contribution < -0.4 is 11.1 Å². The predicted molar refractivity (Wildman–Crippen MR) is 55.3 cm³/mol. The van der Waals surface area contributed by atoms with Gasteiger partial charge in [-0.1, -0.05) is 0 Å². The molecule has 1 aromatic rings. The molecule has 1 heterocycles. The highest BCUT2D eigenvalue weighted by Gasteiger charge is 2.32. The molecule has 4 heteroatoms. The standard InChI is InChI=1S/C9H12N2OS/c1-11-7-4-6(10)9(13-7)8(12)5-2-3-5/h4-5,11H,2-3,10H2,1H3. The molecule has 2 rings (SSSR count). The molecule has 0 spiro atoms. The molecule has 70 valence electrons. The summed E-state index contributed by atoms with van der Waals surface area (Å²) in [7, 11) is 1.83. The lowest BCUT2D eigenvalue weighted by molar-refractivity contribution is 0.0972. The summed E-state index contributed by atoms with van der Waals surface area (Å²) in [6.07, 6.45) is 2.07. The smallest absolute Gasteiger partial charge is 0.178 e.